The second-order valence-corrected chi connectivity index (χ2v) is 7.87. The summed E-state index contributed by atoms with van der Waals surface area (Å²) in [5.41, 5.74) is 0.892. The Morgan fingerprint density at radius 2 is 1.66 bits per heavy atom. The van der Waals surface area contributed by atoms with Crippen LogP contribution < -0.4 is 9.47 Å². The van der Waals surface area contributed by atoms with Crippen molar-refractivity contribution in [2.45, 2.75) is 25.2 Å². The third-order valence-corrected chi connectivity index (χ3v) is 5.79. The molecule has 0 aliphatic carbocycles. The second kappa shape index (κ2) is 8.15. The van der Waals surface area contributed by atoms with Gasteiger partial charge in [0.05, 0.1) is 25.6 Å². The van der Waals surface area contributed by atoms with Gasteiger partial charge in [0.1, 0.15) is 0 Å². The van der Waals surface area contributed by atoms with Crippen LogP contribution in [0.3, 0.4) is 0 Å². The van der Waals surface area contributed by atoms with Gasteiger partial charge in [-0.05, 0) is 37.1 Å². The number of carbonyl (C=O) groups excluding carboxylic acids is 1. The normalized spacial score (nSPS) is 19.1. The number of likely N-dealkylation sites (tertiary alicyclic amines) is 1. The molecule has 2 atom stereocenters. The van der Waals surface area contributed by atoms with E-state index < -0.39 is 17.3 Å². The zero-order valence-electron chi connectivity index (χ0n) is 17.2. The standard InChI is InChI=1S/C23H27NO5/c1-23(2,16-10-11-19(28-3)20(12-16)29-4)22(27)24-13-17(18(14-24)21(25)26)15-8-6-5-7-9-15/h5-12,17-18H,13-14H2,1-4H3,(H,25,26). The first-order chi connectivity index (χ1) is 13.8. The molecular weight excluding hydrogens is 370 g/mol. The van der Waals surface area contributed by atoms with E-state index in [1.165, 1.54) is 0 Å². The van der Waals surface area contributed by atoms with Crippen LogP contribution in [0.4, 0.5) is 0 Å². The molecule has 0 aromatic heterocycles. The van der Waals surface area contributed by atoms with Gasteiger partial charge in [-0.15, -0.1) is 0 Å². The summed E-state index contributed by atoms with van der Waals surface area (Å²) in [5, 5.41) is 9.72. The Bertz CT molecular complexity index is 893. The summed E-state index contributed by atoms with van der Waals surface area (Å²) in [4.78, 5) is 27.0. The molecule has 1 amide bonds. The molecule has 1 aliphatic heterocycles. The maximum absolute atomic E-state index is 13.4. The maximum atomic E-state index is 13.4. The van der Waals surface area contributed by atoms with E-state index in [-0.39, 0.29) is 18.4 Å². The predicted molar refractivity (Wildman–Crippen MR) is 109 cm³/mol. The summed E-state index contributed by atoms with van der Waals surface area (Å²) >= 11 is 0. The zero-order chi connectivity index (χ0) is 21.2. The number of amides is 1. The van der Waals surface area contributed by atoms with E-state index in [1.807, 2.05) is 50.2 Å². The van der Waals surface area contributed by atoms with E-state index in [0.717, 1.165) is 11.1 Å². The average Bonchev–Trinajstić information content (AvgIpc) is 3.19. The molecule has 1 N–H and O–H groups in total. The Balaban J connectivity index is 1.88. The average molecular weight is 397 g/mol. The highest BCUT2D eigenvalue weighted by atomic mass is 16.5. The lowest BCUT2D eigenvalue weighted by Crippen LogP contribution is -2.42. The van der Waals surface area contributed by atoms with Gasteiger partial charge < -0.3 is 19.5 Å². The van der Waals surface area contributed by atoms with E-state index in [4.69, 9.17) is 9.47 Å². The molecule has 0 spiro atoms. The van der Waals surface area contributed by atoms with Crippen LogP contribution in [0.5, 0.6) is 11.5 Å². The van der Waals surface area contributed by atoms with Crippen LogP contribution in [-0.2, 0) is 15.0 Å². The quantitative estimate of drug-likeness (QED) is 0.809. The van der Waals surface area contributed by atoms with Gasteiger partial charge >= 0.3 is 5.97 Å². The Hall–Kier alpha value is -3.02. The third kappa shape index (κ3) is 3.92. The maximum Gasteiger partial charge on any atom is 0.308 e. The van der Waals surface area contributed by atoms with Crippen molar-refractivity contribution in [3.05, 3.63) is 59.7 Å². The lowest BCUT2D eigenvalue weighted by atomic mass is 9.83. The Morgan fingerprint density at radius 3 is 2.24 bits per heavy atom. The molecule has 2 aromatic carbocycles. The Labute approximate surface area is 171 Å². The van der Waals surface area contributed by atoms with Crippen molar-refractivity contribution in [1.82, 2.24) is 4.90 Å². The summed E-state index contributed by atoms with van der Waals surface area (Å²) < 4.78 is 10.7. The lowest BCUT2D eigenvalue weighted by Gasteiger charge is -2.30. The fraction of sp³-hybridized carbons (Fsp3) is 0.391. The van der Waals surface area contributed by atoms with E-state index in [0.29, 0.717) is 18.0 Å². The van der Waals surface area contributed by atoms with Gasteiger partial charge in [-0.1, -0.05) is 36.4 Å². The molecule has 0 saturated carbocycles. The number of aliphatic carboxylic acids is 1. The van der Waals surface area contributed by atoms with Crippen molar-refractivity contribution in [2.75, 3.05) is 27.3 Å². The van der Waals surface area contributed by atoms with Gasteiger partial charge in [-0.25, -0.2) is 0 Å². The van der Waals surface area contributed by atoms with E-state index >= 15 is 0 Å². The lowest BCUT2D eigenvalue weighted by molar-refractivity contribution is -0.142. The summed E-state index contributed by atoms with van der Waals surface area (Å²) in [6.45, 7) is 4.28. The molecule has 1 aliphatic rings. The van der Waals surface area contributed by atoms with Crippen molar-refractivity contribution in [3.63, 3.8) is 0 Å². The zero-order valence-corrected chi connectivity index (χ0v) is 17.2. The van der Waals surface area contributed by atoms with Crippen LogP contribution in [0.15, 0.2) is 48.5 Å². The van der Waals surface area contributed by atoms with Crippen LogP contribution in [0.25, 0.3) is 0 Å². The van der Waals surface area contributed by atoms with Gasteiger partial charge in [0.25, 0.3) is 0 Å². The number of hydrogen-bond donors (Lipinski definition) is 1. The Morgan fingerprint density at radius 1 is 1.00 bits per heavy atom. The van der Waals surface area contributed by atoms with Crippen LogP contribution in [0.2, 0.25) is 0 Å². The van der Waals surface area contributed by atoms with Gasteiger partial charge in [0, 0.05) is 19.0 Å². The first kappa shape index (κ1) is 20.7. The van der Waals surface area contributed by atoms with Gasteiger partial charge in [-0.2, -0.15) is 0 Å². The molecule has 0 bridgehead atoms. The second-order valence-electron chi connectivity index (χ2n) is 7.87. The van der Waals surface area contributed by atoms with Crippen molar-refractivity contribution >= 4 is 11.9 Å². The van der Waals surface area contributed by atoms with Crippen LogP contribution in [0.1, 0.15) is 30.9 Å². The fourth-order valence-corrected chi connectivity index (χ4v) is 4.00. The SMILES string of the molecule is COc1ccc(C(C)(C)C(=O)N2CC(C(=O)O)C(c3ccccc3)C2)cc1OC. The van der Waals surface area contributed by atoms with Gasteiger partial charge in [-0.3, -0.25) is 9.59 Å². The number of carboxylic acid groups (broad SMARTS) is 1. The molecule has 3 rings (SSSR count). The largest absolute Gasteiger partial charge is 0.493 e. The highest BCUT2D eigenvalue weighted by Crippen LogP contribution is 2.38. The van der Waals surface area contributed by atoms with Crippen molar-refractivity contribution in [3.8, 4) is 11.5 Å². The van der Waals surface area contributed by atoms with Crippen LogP contribution in [-0.4, -0.2) is 49.2 Å². The Kier molecular flexibility index (Phi) is 5.82. The summed E-state index contributed by atoms with van der Waals surface area (Å²) in [6.07, 6.45) is 0. The number of carbonyl (C=O) groups is 2. The number of benzene rings is 2. The minimum Gasteiger partial charge on any atom is -0.493 e. The predicted octanol–water partition coefficient (Wildman–Crippen LogP) is 3.31. The highest BCUT2D eigenvalue weighted by molar-refractivity contribution is 5.89. The molecule has 6 nitrogen and oxygen atoms in total. The summed E-state index contributed by atoms with van der Waals surface area (Å²) in [5.74, 6) is -0.678. The van der Waals surface area contributed by atoms with E-state index in [1.54, 1.807) is 31.3 Å². The smallest absolute Gasteiger partial charge is 0.308 e. The number of ether oxygens (including phenoxy) is 2. The minimum atomic E-state index is -0.877. The van der Waals surface area contributed by atoms with Crippen molar-refractivity contribution in [1.29, 1.82) is 0 Å². The molecular formula is C23H27NO5. The van der Waals surface area contributed by atoms with Gasteiger partial charge in [0.15, 0.2) is 11.5 Å². The molecule has 2 unspecified atom stereocenters. The third-order valence-electron chi connectivity index (χ3n) is 5.79. The van der Waals surface area contributed by atoms with Crippen LogP contribution in [0, 0.1) is 5.92 Å². The molecule has 2 aromatic rings. The molecule has 1 saturated heterocycles. The van der Waals surface area contributed by atoms with E-state index in [2.05, 4.69) is 0 Å². The van der Waals surface area contributed by atoms with Crippen molar-refractivity contribution in [2.24, 2.45) is 5.92 Å². The van der Waals surface area contributed by atoms with E-state index in [9.17, 15) is 14.7 Å². The summed E-state index contributed by atoms with van der Waals surface area (Å²) in [6, 6.07) is 15.0. The number of rotatable bonds is 6. The number of carboxylic acids is 1. The molecule has 1 fully saturated rings. The molecule has 154 valence electrons. The molecule has 6 heteroatoms. The minimum absolute atomic E-state index is 0.102. The first-order valence-corrected chi connectivity index (χ1v) is 9.59. The molecule has 0 radical (unpaired) electrons. The first-order valence-electron chi connectivity index (χ1n) is 9.59. The fourth-order valence-electron chi connectivity index (χ4n) is 4.00. The molecule has 1 heterocycles. The van der Waals surface area contributed by atoms with Crippen molar-refractivity contribution < 1.29 is 24.2 Å². The van der Waals surface area contributed by atoms with Crippen LogP contribution >= 0.6 is 0 Å². The highest BCUT2D eigenvalue weighted by Gasteiger charge is 2.44. The summed E-state index contributed by atoms with van der Waals surface area (Å²) in [7, 11) is 3.12. The molecule has 29 heavy (non-hydrogen) atoms. The topological polar surface area (TPSA) is 76.1 Å². The number of methoxy groups -OCH3 is 2. The van der Waals surface area contributed by atoms with Gasteiger partial charge in [0.2, 0.25) is 5.91 Å². The number of hydrogen-bond acceptors (Lipinski definition) is 4. The number of nitrogens with zero attached hydrogens (tertiary/aromatic N) is 1. The monoisotopic (exact) mass is 397 g/mol.